The van der Waals surface area contributed by atoms with E-state index in [1.165, 1.54) is 9.13 Å². The highest BCUT2D eigenvalue weighted by Gasteiger charge is 2.12. The van der Waals surface area contributed by atoms with E-state index in [1.54, 1.807) is 0 Å². The first-order valence-electron chi connectivity index (χ1n) is 4.66. The minimum atomic E-state index is 0.180. The molecule has 0 aliphatic heterocycles. The number of hydrogen-bond donors (Lipinski definition) is 1. The highest BCUT2D eigenvalue weighted by molar-refractivity contribution is 14.1. The first-order valence-corrected chi connectivity index (χ1v) is 5.74. The van der Waals surface area contributed by atoms with Gasteiger partial charge in [-0.15, -0.1) is 0 Å². The summed E-state index contributed by atoms with van der Waals surface area (Å²) in [5.74, 6) is 0.554. The van der Waals surface area contributed by atoms with E-state index in [0.717, 1.165) is 6.42 Å². The molecule has 72 valence electrons. The van der Waals surface area contributed by atoms with Crippen molar-refractivity contribution in [3.05, 3.63) is 33.4 Å². The average molecular weight is 289 g/mol. The van der Waals surface area contributed by atoms with E-state index in [2.05, 4.69) is 60.7 Å². The third-order valence-corrected chi connectivity index (χ3v) is 3.16. The lowest BCUT2D eigenvalue weighted by Crippen LogP contribution is -2.18. The molecule has 1 aromatic rings. The van der Waals surface area contributed by atoms with Crippen molar-refractivity contribution < 1.29 is 0 Å². The summed E-state index contributed by atoms with van der Waals surface area (Å²) in [5, 5.41) is 0. The van der Waals surface area contributed by atoms with Gasteiger partial charge >= 0.3 is 0 Å². The quantitative estimate of drug-likeness (QED) is 0.849. The lowest BCUT2D eigenvalue weighted by Gasteiger charge is -2.18. The Morgan fingerprint density at radius 2 is 2.15 bits per heavy atom. The molecule has 0 amide bonds. The summed E-state index contributed by atoms with van der Waals surface area (Å²) >= 11 is 2.32. The first-order chi connectivity index (χ1) is 6.15. The second-order valence-corrected chi connectivity index (χ2v) is 4.71. The van der Waals surface area contributed by atoms with Crippen LogP contribution >= 0.6 is 22.6 Å². The summed E-state index contributed by atoms with van der Waals surface area (Å²) in [5.41, 5.74) is 7.37. The van der Waals surface area contributed by atoms with Crippen LogP contribution in [0.2, 0.25) is 0 Å². The van der Waals surface area contributed by atoms with Gasteiger partial charge in [0, 0.05) is 9.61 Å². The molecule has 0 heterocycles. The molecule has 2 heteroatoms. The zero-order valence-corrected chi connectivity index (χ0v) is 10.3. The summed E-state index contributed by atoms with van der Waals surface area (Å²) in [6.07, 6.45) is 1.13. The smallest absolute Gasteiger partial charge is 0.0321 e. The van der Waals surface area contributed by atoms with Gasteiger partial charge < -0.3 is 5.73 Å². The van der Waals surface area contributed by atoms with Gasteiger partial charge in [-0.1, -0.05) is 32.4 Å². The van der Waals surface area contributed by atoms with Crippen LogP contribution in [0.25, 0.3) is 0 Å². The Labute approximate surface area is 93.9 Å². The van der Waals surface area contributed by atoms with Gasteiger partial charge in [-0.3, -0.25) is 0 Å². The second-order valence-electron chi connectivity index (χ2n) is 3.47. The Bertz CT molecular complexity index is 273. The predicted molar refractivity (Wildman–Crippen MR) is 65.5 cm³/mol. The zero-order valence-electron chi connectivity index (χ0n) is 8.13. The second kappa shape index (κ2) is 4.96. The molecule has 0 aromatic heterocycles. The van der Waals surface area contributed by atoms with Crippen molar-refractivity contribution in [1.29, 1.82) is 0 Å². The summed E-state index contributed by atoms with van der Waals surface area (Å²) < 4.78 is 1.26. The monoisotopic (exact) mass is 289 g/mol. The van der Waals surface area contributed by atoms with Crippen molar-refractivity contribution in [2.75, 3.05) is 0 Å². The van der Waals surface area contributed by atoms with Crippen LogP contribution in [-0.2, 0) is 0 Å². The van der Waals surface area contributed by atoms with Gasteiger partial charge in [0.05, 0.1) is 0 Å². The van der Waals surface area contributed by atoms with Crippen LogP contribution in [0.5, 0.6) is 0 Å². The van der Waals surface area contributed by atoms with Crippen molar-refractivity contribution in [3.63, 3.8) is 0 Å². The third-order valence-electron chi connectivity index (χ3n) is 2.49. The largest absolute Gasteiger partial charge is 0.324 e. The Morgan fingerprint density at radius 3 is 2.69 bits per heavy atom. The topological polar surface area (TPSA) is 26.0 Å². The van der Waals surface area contributed by atoms with Crippen LogP contribution in [0.1, 0.15) is 31.9 Å². The molecular formula is C11H16IN. The van der Waals surface area contributed by atoms with Gasteiger partial charge in [-0.05, 0) is 46.2 Å². The average Bonchev–Trinajstić information content (AvgIpc) is 2.15. The molecule has 0 aliphatic carbocycles. The van der Waals surface area contributed by atoms with Gasteiger partial charge in [0.1, 0.15) is 0 Å². The van der Waals surface area contributed by atoms with E-state index in [0.29, 0.717) is 5.92 Å². The van der Waals surface area contributed by atoms with Gasteiger partial charge in [-0.2, -0.15) is 0 Å². The molecule has 0 saturated carbocycles. The Balaban J connectivity index is 2.82. The summed E-state index contributed by atoms with van der Waals surface area (Å²) in [6, 6.07) is 8.61. The van der Waals surface area contributed by atoms with E-state index in [1.807, 2.05) is 0 Å². The fourth-order valence-electron chi connectivity index (χ4n) is 1.30. The van der Waals surface area contributed by atoms with Gasteiger partial charge in [0.2, 0.25) is 0 Å². The lowest BCUT2D eigenvalue weighted by molar-refractivity contribution is 0.457. The van der Waals surface area contributed by atoms with Crippen molar-refractivity contribution in [2.24, 2.45) is 11.7 Å². The number of halogens is 1. The standard InChI is InChI=1S/C11H16IN/c1-3-8(2)11(13)9-5-4-6-10(12)7-9/h4-8,11H,3,13H2,1-2H3/t8?,11-/m0/s1. The van der Waals surface area contributed by atoms with E-state index in [9.17, 15) is 0 Å². The Kier molecular flexibility index (Phi) is 4.19. The Hall–Kier alpha value is -0.0900. The fourth-order valence-corrected chi connectivity index (χ4v) is 1.86. The molecule has 2 N–H and O–H groups in total. The number of nitrogens with two attached hydrogens (primary N) is 1. The van der Waals surface area contributed by atoms with Gasteiger partial charge in [0.15, 0.2) is 0 Å². The number of hydrogen-bond acceptors (Lipinski definition) is 1. The van der Waals surface area contributed by atoms with Crippen molar-refractivity contribution >= 4 is 22.6 Å². The van der Waals surface area contributed by atoms with Crippen LogP contribution in [0.3, 0.4) is 0 Å². The highest BCUT2D eigenvalue weighted by Crippen LogP contribution is 2.22. The maximum Gasteiger partial charge on any atom is 0.0321 e. The highest BCUT2D eigenvalue weighted by atomic mass is 127. The van der Waals surface area contributed by atoms with Crippen LogP contribution < -0.4 is 5.73 Å². The minimum absolute atomic E-state index is 0.180. The van der Waals surface area contributed by atoms with Crippen LogP contribution in [0, 0.1) is 9.49 Å². The lowest BCUT2D eigenvalue weighted by atomic mass is 9.93. The maximum absolute atomic E-state index is 6.11. The van der Waals surface area contributed by atoms with Crippen molar-refractivity contribution in [1.82, 2.24) is 0 Å². The molecule has 0 saturated heterocycles. The maximum atomic E-state index is 6.11. The molecule has 1 unspecified atom stereocenters. The summed E-state index contributed by atoms with van der Waals surface area (Å²) in [4.78, 5) is 0. The van der Waals surface area contributed by atoms with Gasteiger partial charge in [-0.25, -0.2) is 0 Å². The first kappa shape index (κ1) is 11.0. The molecule has 1 aromatic carbocycles. The number of rotatable bonds is 3. The molecule has 0 spiro atoms. The number of benzene rings is 1. The molecule has 0 aliphatic rings. The summed E-state index contributed by atoms with van der Waals surface area (Å²) in [6.45, 7) is 4.38. The van der Waals surface area contributed by atoms with E-state index in [-0.39, 0.29) is 6.04 Å². The molecule has 1 nitrogen and oxygen atoms in total. The molecule has 13 heavy (non-hydrogen) atoms. The molecule has 0 bridgehead atoms. The van der Waals surface area contributed by atoms with Gasteiger partial charge in [0.25, 0.3) is 0 Å². The molecular weight excluding hydrogens is 273 g/mol. The SMILES string of the molecule is CCC(C)[C@H](N)c1cccc(I)c1. The third kappa shape index (κ3) is 2.95. The molecule has 1 rings (SSSR count). The fraction of sp³-hybridized carbons (Fsp3) is 0.455. The van der Waals surface area contributed by atoms with Crippen molar-refractivity contribution in [2.45, 2.75) is 26.3 Å². The van der Waals surface area contributed by atoms with E-state index in [4.69, 9.17) is 5.73 Å². The minimum Gasteiger partial charge on any atom is -0.324 e. The van der Waals surface area contributed by atoms with Crippen LogP contribution in [-0.4, -0.2) is 0 Å². The van der Waals surface area contributed by atoms with E-state index >= 15 is 0 Å². The van der Waals surface area contributed by atoms with E-state index < -0.39 is 0 Å². The zero-order chi connectivity index (χ0) is 9.84. The molecule has 0 radical (unpaired) electrons. The predicted octanol–water partition coefficient (Wildman–Crippen LogP) is 3.34. The van der Waals surface area contributed by atoms with Crippen LogP contribution in [0.4, 0.5) is 0 Å². The summed E-state index contributed by atoms with van der Waals surface area (Å²) in [7, 11) is 0. The normalized spacial score (nSPS) is 15.4. The molecule has 2 atom stereocenters. The van der Waals surface area contributed by atoms with Crippen molar-refractivity contribution in [3.8, 4) is 0 Å². The molecule has 0 fully saturated rings. The Morgan fingerprint density at radius 1 is 1.46 bits per heavy atom. The van der Waals surface area contributed by atoms with Crippen LogP contribution in [0.15, 0.2) is 24.3 Å².